The molecule has 0 saturated carbocycles. The molecule has 9 heteroatoms. The molecule has 0 aliphatic heterocycles. The maximum Gasteiger partial charge on any atom is 0.270 e. The average Bonchev–Trinajstić information content (AvgIpc) is 3.12. The van der Waals surface area contributed by atoms with Gasteiger partial charge in [-0.2, -0.15) is 0 Å². The van der Waals surface area contributed by atoms with Crippen molar-refractivity contribution >= 4 is 46.4 Å². The monoisotopic (exact) mass is 434 g/mol. The molecule has 0 spiro atoms. The van der Waals surface area contributed by atoms with Gasteiger partial charge in [0.15, 0.2) is 0 Å². The molecule has 2 amide bonds. The van der Waals surface area contributed by atoms with Gasteiger partial charge < -0.3 is 10.6 Å². The zero-order valence-electron chi connectivity index (χ0n) is 14.8. The van der Waals surface area contributed by atoms with Crippen molar-refractivity contribution in [3.8, 4) is 0 Å². The number of halogens is 2. The van der Waals surface area contributed by atoms with Crippen LogP contribution < -0.4 is 10.6 Å². The van der Waals surface area contributed by atoms with Crippen LogP contribution in [0.1, 0.15) is 36.3 Å². The summed E-state index contributed by atoms with van der Waals surface area (Å²) in [6.07, 6.45) is 3.30. The summed E-state index contributed by atoms with van der Waals surface area (Å²) in [7, 11) is 0. The normalized spacial score (nSPS) is 10.5. The minimum Gasteiger partial charge on any atom is -0.348 e. The second kappa shape index (κ2) is 9.14. The Morgan fingerprint density at radius 3 is 2.39 bits per heavy atom. The molecule has 0 fully saturated rings. The predicted octanol–water partition coefficient (Wildman–Crippen LogP) is 4.01. The van der Waals surface area contributed by atoms with Crippen molar-refractivity contribution < 1.29 is 9.59 Å². The molecule has 0 unspecified atom stereocenters. The molecule has 3 aromatic rings. The first kappa shape index (κ1) is 20.3. The third kappa shape index (κ3) is 5.28. The van der Waals surface area contributed by atoms with E-state index in [1.54, 1.807) is 36.7 Å². The summed E-state index contributed by atoms with van der Waals surface area (Å²) in [6.45, 7) is 2.60. The van der Waals surface area contributed by atoms with E-state index in [0.29, 0.717) is 27.8 Å². The van der Waals surface area contributed by atoms with E-state index in [-0.39, 0.29) is 18.4 Å². The van der Waals surface area contributed by atoms with Crippen LogP contribution in [0.3, 0.4) is 0 Å². The van der Waals surface area contributed by atoms with Crippen LogP contribution in [-0.4, -0.2) is 21.8 Å². The Morgan fingerprint density at radius 1 is 0.964 bits per heavy atom. The van der Waals surface area contributed by atoms with Crippen LogP contribution >= 0.6 is 34.5 Å². The molecule has 2 N–H and O–H groups in total. The van der Waals surface area contributed by atoms with E-state index in [1.165, 1.54) is 17.4 Å². The predicted molar refractivity (Wildman–Crippen MR) is 110 cm³/mol. The minimum absolute atomic E-state index is 0.266. The molecule has 144 valence electrons. The fourth-order valence-electron chi connectivity index (χ4n) is 2.33. The van der Waals surface area contributed by atoms with Gasteiger partial charge in [0, 0.05) is 29.4 Å². The quantitative estimate of drug-likeness (QED) is 0.613. The molecule has 2 aromatic heterocycles. The molecule has 28 heavy (non-hydrogen) atoms. The Bertz CT molecular complexity index is 1010. The van der Waals surface area contributed by atoms with E-state index in [0.717, 1.165) is 15.4 Å². The molecule has 0 bridgehead atoms. The lowest BCUT2D eigenvalue weighted by Gasteiger charge is -2.07. The highest BCUT2D eigenvalue weighted by Gasteiger charge is 2.10. The first-order chi connectivity index (χ1) is 13.4. The summed E-state index contributed by atoms with van der Waals surface area (Å²) < 4.78 is 0. The molecule has 1 aromatic carbocycles. The fraction of sp³-hybridized carbons (Fsp3) is 0.158. The maximum atomic E-state index is 12.2. The summed E-state index contributed by atoms with van der Waals surface area (Å²) >= 11 is 13.3. The Morgan fingerprint density at radius 2 is 1.75 bits per heavy atom. The summed E-state index contributed by atoms with van der Waals surface area (Å²) in [5.74, 6) is -0.544. The highest BCUT2D eigenvalue weighted by Crippen LogP contribution is 2.22. The van der Waals surface area contributed by atoms with E-state index >= 15 is 0 Å². The number of hydrogen-bond donors (Lipinski definition) is 2. The Hall–Kier alpha value is -2.48. The van der Waals surface area contributed by atoms with Crippen molar-refractivity contribution in [1.29, 1.82) is 0 Å². The van der Waals surface area contributed by atoms with Crippen molar-refractivity contribution in [1.82, 2.24) is 20.6 Å². The second-order valence-corrected chi connectivity index (χ2v) is 8.03. The largest absolute Gasteiger partial charge is 0.348 e. The van der Waals surface area contributed by atoms with Gasteiger partial charge >= 0.3 is 0 Å². The van der Waals surface area contributed by atoms with Gasteiger partial charge in [-0.1, -0.05) is 29.3 Å². The van der Waals surface area contributed by atoms with Crippen molar-refractivity contribution in [2.75, 3.05) is 0 Å². The lowest BCUT2D eigenvalue weighted by atomic mass is 10.2. The van der Waals surface area contributed by atoms with Crippen molar-refractivity contribution in [2.24, 2.45) is 0 Å². The highest BCUT2D eigenvalue weighted by atomic mass is 35.5. The third-order valence-corrected chi connectivity index (χ3v) is 5.44. The molecule has 0 radical (unpaired) electrons. The van der Waals surface area contributed by atoms with Gasteiger partial charge in [0.25, 0.3) is 11.8 Å². The first-order valence-corrected chi connectivity index (χ1v) is 9.87. The molecule has 0 aliphatic carbocycles. The van der Waals surface area contributed by atoms with E-state index in [1.807, 2.05) is 6.92 Å². The number of aryl methyl sites for hydroxylation is 1. The lowest BCUT2D eigenvalue weighted by Crippen LogP contribution is -2.24. The third-order valence-electron chi connectivity index (χ3n) is 3.78. The van der Waals surface area contributed by atoms with Crippen LogP contribution in [0, 0.1) is 6.92 Å². The average molecular weight is 435 g/mol. The Labute approximate surface area is 175 Å². The minimum atomic E-state index is -0.278. The number of thiazole rings is 1. The van der Waals surface area contributed by atoms with Crippen molar-refractivity contribution in [3.05, 3.63) is 79.5 Å². The number of hydrogen-bond acceptors (Lipinski definition) is 5. The van der Waals surface area contributed by atoms with E-state index in [4.69, 9.17) is 23.2 Å². The number of rotatable bonds is 6. The fourth-order valence-corrected chi connectivity index (χ4v) is 3.36. The summed E-state index contributed by atoms with van der Waals surface area (Å²) in [6, 6.07) is 8.04. The molecular weight excluding hydrogens is 419 g/mol. The van der Waals surface area contributed by atoms with Crippen LogP contribution in [0.5, 0.6) is 0 Å². The zero-order chi connectivity index (χ0) is 20.1. The van der Waals surface area contributed by atoms with Gasteiger partial charge in [0.2, 0.25) is 0 Å². The number of carbonyl (C=O) groups is 2. The first-order valence-electron chi connectivity index (χ1n) is 8.30. The summed E-state index contributed by atoms with van der Waals surface area (Å²) in [5, 5.41) is 7.24. The van der Waals surface area contributed by atoms with Crippen LogP contribution in [0.4, 0.5) is 0 Å². The standard InChI is InChI=1S/C19H16Cl2N4O2S/c1-11-22-9-14(28-11)10-25-19(27)17-5-2-12(7-23-17)8-24-18(26)13-3-4-15(20)16(21)6-13/h2-7,9H,8,10H2,1H3,(H,24,26)(H,25,27). The van der Waals surface area contributed by atoms with Gasteiger partial charge in [-0.25, -0.2) is 4.98 Å². The molecular formula is C19H16Cl2N4O2S. The van der Waals surface area contributed by atoms with Crippen LogP contribution in [-0.2, 0) is 13.1 Å². The molecule has 6 nitrogen and oxygen atoms in total. The van der Waals surface area contributed by atoms with E-state index in [2.05, 4.69) is 20.6 Å². The van der Waals surface area contributed by atoms with Crippen LogP contribution in [0.2, 0.25) is 10.0 Å². The molecule has 2 heterocycles. The van der Waals surface area contributed by atoms with E-state index in [9.17, 15) is 9.59 Å². The molecule has 0 saturated heterocycles. The maximum absolute atomic E-state index is 12.2. The number of aromatic nitrogens is 2. The number of pyridine rings is 1. The van der Waals surface area contributed by atoms with Gasteiger partial charge in [-0.3, -0.25) is 14.6 Å². The summed E-state index contributed by atoms with van der Waals surface area (Å²) in [4.78, 5) is 33.6. The van der Waals surface area contributed by atoms with Crippen LogP contribution in [0.15, 0.2) is 42.7 Å². The smallest absolute Gasteiger partial charge is 0.270 e. The summed E-state index contributed by atoms with van der Waals surface area (Å²) in [5.41, 5.74) is 1.49. The topological polar surface area (TPSA) is 84.0 Å². The Kier molecular flexibility index (Phi) is 6.61. The molecule has 0 atom stereocenters. The van der Waals surface area contributed by atoms with Crippen molar-refractivity contribution in [3.63, 3.8) is 0 Å². The highest BCUT2D eigenvalue weighted by molar-refractivity contribution is 7.11. The number of amides is 2. The van der Waals surface area contributed by atoms with Gasteiger partial charge in [0.1, 0.15) is 5.69 Å². The van der Waals surface area contributed by atoms with Crippen LogP contribution in [0.25, 0.3) is 0 Å². The lowest BCUT2D eigenvalue weighted by molar-refractivity contribution is 0.0938. The SMILES string of the molecule is Cc1ncc(CNC(=O)c2ccc(CNC(=O)c3ccc(Cl)c(Cl)c3)cn2)s1. The molecule has 0 aliphatic rings. The number of benzene rings is 1. The number of nitrogens with one attached hydrogen (secondary N) is 2. The number of carbonyl (C=O) groups excluding carboxylic acids is 2. The second-order valence-electron chi connectivity index (χ2n) is 5.89. The van der Waals surface area contributed by atoms with E-state index < -0.39 is 0 Å². The Balaban J connectivity index is 1.52. The zero-order valence-corrected chi connectivity index (χ0v) is 17.2. The molecule has 3 rings (SSSR count). The van der Waals surface area contributed by atoms with Crippen molar-refractivity contribution in [2.45, 2.75) is 20.0 Å². The van der Waals surface area contributed by atoms with Gasteiger partial charge in [-0.15, -0.1) is 11.3 Å². The van der Waals surface area contributed by atoms with Gasteiger partial charge in [-0.05, 0) is 36.8 Å². The van der Waals surface area contributed by atoms with Gasteiger partial charge in [0.05, 0.1) is 21.6 Å². The number of nitrogens with zero attached hydrogens (tertiary/aromatic N) is 2.